The van der Waals surface area contributed by atoms with Gasteiger partial charge in [0.25, 0.3) is 5.69 Å². The monoisotopic (exact) mass is 391 g/mol. The van der Waals surface area contributed by atoms with Crippen molar-refractivity contribution >= 4 is 23.3 Å². The lowest BCUT2D eigenvalue weighted by molar-refractivity contribution is -0.394. The van der Waals surface area contributed by atoms with Crippen molar-refractivity contribution in [2.45, 2.75) is 13.8 Å². The molecule has 0 atom stereocenters. The Labute approximate surface area is 166 Å². The number of hydrogen-bond donors (Lipinski definition) is 0. The topological polar surface area (TPSA) is 108 Å². The summed E-state index contributed by atoms with van der Waals surface area (Å²) in [4.78, 5) is 25.2. The third kappa shape index (κ3) is 4.81. The van der Waals surface area contributed by atoms with Crippen LogP contribution in [-0.2, 0) is 0 Å². The minimum absolute atomic E-state index is 0.0796. The molecule has 3 rings (SSSR count). The van der Waals surface area contributed by atoms with E-state index in [-0.39, 0.29) is 11.4 Å². The molecule has 0 bridgehead atoms. The number of benzene rings is 3. The van der Waals surface area contributed by atoms with Gasteiger partial charge in [0.2, 0.25) is 5.75 Å². The molecule has 0 spiro atoms. The number of nitro groups is 2. The molecule has 0 fully saturated rings. The van der Waals surface area contributed by atoms with E-state index >= 15 is 0 Å². The van der Waals surface area contributed by atoms with Crippen molar-refractivity contribution in [3.8, 4) is 11.5 Å². The van der Waals surface area contributed by atoms with Gasteiger partial charge in [0, 0.05) is 12.3 Å². The Balaban J connectivity index is 1.86. The van der Waals surface area contributed by atoms with Gasteiger partial charge in [0.15, 0.2) is 0 Å². The van der Waals surface area contributed by atoms with E-state index in [4.69, 9.17) is 4.74 Å². The van der Waals surface area contributed by atoms with Crippen LogP contribution in [0.4, 0.5) is 17.1 Å². The number of ether oxygens (including phenoxy) is 1. The van der Waals surface area contributed by atoms with Crippen molar-refractivity contribution in [3.63, 3.8) is 0 Å². The van der Waals surface area contributed by atoms with E-state index in [0.717, 1.165) is 34.5 Å². The first-order valence-electron chi connectivity index (χ1n) is 8.65. The maximum atomic E-state index is 11.3. The molecule has 0 saturated heterocycles. The third-order valence-electron chi connectivity index (χ3n) is 4.14. The van der Waals surface area contributed by atoms with Gasteiger partial charge in [-0.1, -0.05) is 29.8 Å². The molecule has 0 amide bonds. The van der Waals surface area contributed by atoms with Crippen LogP contribution >= 0.6 is 0 Å². The number of aryl methyl sites for hydroxylation is 2. The van der Waals surface area contributed by atoms with E-state index in [1.807, 2.05) is 38.1 Å². The number of non-ortho nitro benzene ring substituents is 1. The molecule has 8 nitrogen and oxygen atoms in total. The van der Waals surface area contributed by atoms with Crippen LogP contribution < -0.4 is 4.74 Å². The first-order chi connectivity index (χ1) is 13.8. The van der Waals surface area contributed by atoms with Gasteiger partial charge in [-0.3, -0.25) is 25.2 Å². The molecular formula is C21H17N3O5. The zero-order valence-electron chi connectivity index (χ0n) is 15.7. The maximum Gasteiger partial charge on any atom is 0.318 e. The van der Waals surface area contributed by atoms with Crippen LogP contribution in [0.25, 0.3) is 0 Å². The van der Waals surface area contributed by atoms with Crippen LogP contribution in [0, 0.1) is 34.1 Å². The van der Waals surface area contributed by atoms with Gasteiger partial charge >= 0.3 is 5.69 Å². The Bertz CT molecular complexity index is 1130. The Hall–Kier alpha value is -4.07. The minimum atomic E-state index is -0.714. The summed E-state index contributed by atoms with van der Waals surface area (Å²) in [5, 5.41) is 22.1. The second-order valence-corrected chi connectivity index (χ2v) is 6.39. The molecule has 29 heavy (non-hydrogen) atoms. The highest BCUT2D eigenvalue weighted by Crippen LogP contribution is 2.34. The molecule has 0 aliphatic rings. The lowest BCUT2D eigenvalue weighted by atomic mass is 10.1. The Morgan fingerprint density at radius 2 is 1.72 bits per heavy atom. The minimum Gasteiger partial charge on any atom is -0.450 e. The van der Waals surface area contributed by atoms with Crippen molar-refractivity contribution in [1.29, 1.82) is 0 Å². The summed E-state index contributed by atoms with van der Waals surface area (Å²) in [5.74, 6) is 0.274. The molecule has 0 unspecified atom stereocenters. The Morgan fingerprint density at radius 3 is 2.41 bits per heavy atom. The van der Waals surface area contributed by atoms with E-state index in [9.17, 15) is 20.2 Å². The van der Waals surface area contributed by atoms with Gasteiger partial charge in [0.05, 0.1) is 21.6 Å². The predicted molar refractivity (Wildman–Crippen MR) is 109 cm³/mol. The highest BCUT2D eigenvalue weighted by Gasteiger charge is 2.21. The summed E-state index contributed by atoms with van der Waals surface area (Å²) < 4.78 is 5.61. The number of aliphatic imine (C=N–C) groups is 1. The summed E-state index contributed by atoms with van der Waals surface area (Å²) in [6.45, 7) is 3.99. The number of nitrogens with zero attached hydrogens (tertiary/aromatic N) is 3. The van der Waals surface area contributed by atoms with E-state index in [1.165, 1.54) is 6.07 Å². The van der Waals surface area contributed by atoms with Gasteiger partial charge in [-0.25, -0.2) is 0 Å². The van der Waals surface area contributed by atoms with Gasteiger partial charge in [-0.15, -0.1) is 0 Å². The predicted octanol–water partition coefficient (Wildman–Crippen LogP) is 5.66. The van der Waals surface area contributed by atoms with Crippen molar-refractivity contribution in [1.82, 2.24) is 0 Å². The summed E-state index contributed by atoms with van der Waals surface area (Å²) in [6.07, 6.45) is 1.68. The number of rotatable bonds is 6. The normalized spacial score (nSPS) is 10.8. The SMILES string of the molecule is Cc1ccc(N=Cc2cccc(Oc3ccc([N+](=O)[O-])cc3[N+](=O)[O-])c2)c(C)c1. The van der Waals surface area contributed by atoms with Crippen molar-refractivity contribution < 1.29 is 14.6 Å². The average molecular weight is 391 g/mol. The summed E-state index contributed by atoms with van der Waals surface area (Å²) in [6, 6.07) is 16.1. The highest BCUT2D eigenvalue weighted by atomic mass is 16.6. The molecule has 0 radical (unpaired) electrons. The summed E-state index contributed by atoms with van der Waals surface area (Å²) in [7, 11) is 0. The number of nitro benzene ring substituents is 2. The lowest BCUT2D eigenvalue weighted by Gasteiger charge is -2.07. The maximum absolute atomic E-state index is 11.3. The molecular weight excluding hydrogens is 374 g/mol. The lowest BCUT2D eigenvalue weighted by Crippen LogP contribution is -1.96. The van der Waals surface area contributed by atoms with Crippen LogP contribution in [-0.4, -0.2) is 16.1 Å². The second kappa shape index (κ2) is 8.30. The zero-order valence-corrected chi connectivity index (χ0v) is 15.7. The van der Waals surface area contributed by atoms with Crippen LogP contribution in [0.1, 0.15) is 16.7 Å². The average Bonchev–Trinajstić information content (AvgIpc) is 2.67. The van der Waals surface area contributed by atoms with E-state index < -0.39 is 15.5 Å². The fourth-order valence-electron chi connectivity index (χ4n) is 2.73. The fourth-order valence-corrected chi connectivity index (χ4v) is 2.73. The molecule has 0 heterocycles. The van der Waals surface area contributed by atoms with Crippen LogP contribution in [0.5, 0.6) is 11.5 Å². The van der Waals surface area contributed by atoms with Gasteiger partial charge in [-0.2, -0.15) is 0 Å². The number of hydrogen-bond acceptors (Lipinski definition) is 6. The summed E-state index contributed by atoms with van der Waals surface area (Å²) in [5.41, 5.74) is 2.93. The Kier molecular flexibility index (Phi) is 5.64. The highest BCUT2D eigenvalue weighted by molar-refractivity contribution is 5.83. The quantitative estimate of drug-likeness (QED) is 0.306. The van der Waals surface area contributed by atoms with Crippen LogP contribution in [0.2, 0.25) is 0 Å². The third-order valence-corrected chi connectivity index (χ3v) is 4.14. The van der Waals surface area contributed by atoms with Gasteiger partial charge in [-0.05, 0) is 49.2 Å². The van der Waals surface area contributed by atoms with Crippen molar-refractivity contribution in [3.05, 3.63) is 97.6 Å². The smallest absolute Gasteiger partial charge is 0.318 e. The first-order valence-corrected chi connectivity index (χ1v) is 8.65. The van der Waals surface area contributed by atoms with Crippen LogP contribution in [0.3, 0.4) is 0 Å². The molecule has 0 N–H and O–H groups in total. The standard InChI is InChI=1S/C21H17N3O5/c1-14-6-8-19(15(2)10-14)22-13-16-4-3-5-18(11-16)29-21-9-7-17(23(25)26)12-20(21)24(27)28/h3-13H,1-2H3. The molecule has 3 aromatic carbocycles. The first kappa shape index (κ1) is 19.7. The summed E-state index contributed by atoms with van der Waals surface area (Å²) >= 11 is 0. The van der Waals surface area contributed by atoms with Gasteiger partial charge < -0.3 is 4.74 Å². The van der Waals surface area contributed by atoms with Crippen molar-refractivity contribution in [2.24, 2.45) is 4.99 Å². The molecule has 0 saturated carbocycles. The molecule has 8 heteroatoms. The van der Waals surface area contributed by atoms with E-state index in [1.54, 1.807) is 24.4 Å². The zero-order chi connectivity index (χ0) is 21.0. The largest absolute Gasteiger partial charge is 0.450 e. The molecule has 146 valence electrons. The molecule has 0 aromatic heterocycles. The molecule has 3 aromatic rings. The van der Waals surface area contributed by atoms with Crippen molar-refractivity contribution in [2.75, 3.05) is 0 Å². The fraction of sp³-hybridized carbons (Fsp3) is 0.0952. The van der Waals surface area contributed by atoms with E-state index in [0.29, 0.717) is 5.75 Å². The van der Waals surface area contributed by atoms with Crippen LogP contribution in [0.15, 0.2) is 65.7 Å². The molecule has 0 aliphatic heterocycles. The Morgan fingerprint density at radius 1 is 0.931 bits per heavy atom. The second-order valence-electron chi connectivity index (χ2n) is 6.39. The molecule has 0 aliphatic carbocycles. The van der Waals surface area contributed by atoms with Gasteiger partial charge in [0.1, 0.15) is 5.75 Å². The van der Waals surface area contributed by atoms with E-state index in [2.05, 4.69) is 4.99 Å².